The smallest absolute Gasteiger partial charge is 0.107 e. The Bertz CT molecular complexity index is 390. The van der Waals surface area contributed by atoms with Crippen molar-refractivity contribution in [3.05, 3.63) is 30.1 Å². The SMILES string of the molecule is Cn1nncc1CNCCc1ncc[nH]1. The number of nitrogens with zero attached hydrogens (tertiary/aromatic N) is 4. The first-order valence-corrected chi connectivity index (χ1v) is 4.89. The van der Waals surface area contributed by atoms with E-state index in [2.05, 4.69) is 25.6 Å². The van der Waals surface area contributed by atoms with Gasteiger partial charge in [-0.1, -0.05) is 5.21 Å². The van der Waals surface area contributed by atoms with Crippen LogP contribution in [0.15, 0.2) is 18.6 Å². The molecule has 6 heteroatoms. The van der Waals surface area contributed by atoms with Gasteiger partial charge in [-0.05, 0) is 0 Å². The number of hydrogen-bond donors (Lipinski definition) is 2. The van der Waals surface area contributed by atoms with Crippen molar-refractivity contribution < 1.29 is 0 Å². The van der Waals surface area contributed by atoms with Crippen LogP contribution < -0.4 is 5.32 Å². The maximum Gasteiger partial charge on any atom is 0.107 e. The highest BCUT2D eigenvalue weighted by Gasteiger charge is 1.99. The lowest BCUT2D eigenvalue weighted by Gasteiger charge is -2.02. The minimum atomic E-state index is 0.782. The fraction of sp³-hybridized carbons (Fsp3) is 0.444. The molecule has 0 amide bonds. The fourth-order valence-corrected chi connectivity index (χ4v) is 1.33. The maximum atomic E-state index is 4.14. The topological polar surface area (TPSA) is 71.4 Å². The van der Waals surface area contributed by atoms with E-state index in [0.717, 1.165) is 31.0 Å². The average molecular weight is 206 g/mol. The van der Waals surface area contributed by atoms with Gasteiger partial charge in [0.25, 0.3) is 0 Å². The Labute approximate surface area is 87.7 Å². The second kappa shape index (κ2) is 4.70. The highest BCUT2D eigenvalue weighted by molar-refractivity contribution is 4.93. The van der Waals surface area contributed by atoms with Gasteiger partial charge in [-0.2, -0.15) is 0 Å². The van der Waals surface area contributed by atoms with Gasteiger partial charge in [-0.25, -0.2) is 4.98 Å². The van der Waals surface area contributed by atoms with Crippen molar-refractivity contribution in [2.45, 2.75) is 13.0 Å². The van der Waals surface area contributed by atoms with Crippen LogP contribution >= 0.6 is 0 Å². The summed E-state index contributed by atoms with van der Waals surface area (Å²) in [6.07, 6.45) is 6.26. The third-order valence-electron chi connectivity index (χ3n) is 2.21. The highest BCUT2D eigenvalue weighted by atomic mass is 15.4. The minimum Gasteiger partial charge on any atom is -0.349 e. The van der Waals surface area contributed by atoms with E-state index in [0.29, 0.717) is 0 Å². The quantitative estimate of drug-likeness (QED) is 0.668. The van der Waals surface area contributed by atoms with Crippen LogP contribution in [0.4, 0.5) is 0 Å². The van der Waals surface area contributed by atoms with E-state index in [1.807, 2.05) is 13.2 Å². The van der Waals surface area contributed by atoms with Crippen LogP contribution in [0.5, 0.6) is 0 Å². The number of hydrogen-bond acceptors (Lipinski definition) is 4. The van der Waals surface area contributed by atoms with Gasteiger partial charge in [-0.3, -0.25) is 4.68 Å². The molecule has 0 atom stereocenters. The molecule has 0 spiro atoms. The van der Waals surface area contributed by atoms with Crippen molar-refractivity contribution in [1.29, 1.82) is 0 Å². The summed E-state index contributed by atoms with van der Waals surface area (Å²) in [7, 11) is 1.89. The number of H-pyrrole nitrogens is 1. The van der Waals surface area contributed by atoms with Gasteiger partial charge in [-0.15, -0.1) is 5.10 Å². The first-order chi connectivity index (χ1) is 7.36. The van der Waals surface area contributed by atoms with E-state index >= 15 is 0 Å². The molecule has 2 heterocycles. The lowest BCUT2D eigenvalue weighted by Crippen LogP contribution is -2.18. The molecule has 0 saturated carbocycles. The summed E-state index contributed by atoms with van der Waals surface area (Å²) in [5.74, 6) is 1.01. The van der Waals surface area contributed by atoms with E-state index in [9.17, 15) is 0 Å². The fourth-order valence-electron chi connectivity index (χ4n) is 1.33. The molecule has 2 N–H and O–H groups in total. The van der Waals surface area contributed by atoms with Crippen LogP contribution in [0.25, 0.3) is 0 Å². The van der Waals surface area contributed by atoms with Crippen molar-refractivity contribution in [3.63, 3.8) is 0 Å². The van der Waals surface area contributed by atoms with Gasteiger partial charge in [0.2, 0.25) is 0 Å². The summed E-state index contributed by atoms with van der Waals surface area (Å²) in [5.41, 5.74) is 1.08. The first kappa shape index (κ1) is 9.85. The van der Waals surface area contributed by atoms with Gasteiger partial charge >= 0.3 is 0 Å². The van der Waals surface area contributed by atoms with Crippen LogP contribution in [0.1, 0.15) is 11.5 Å². The van der Waals surface area contributed by atoms with Crippen molar-refractivity contribution in [3.8, 4) is 0 Å². The summed E-state index contributed by atoms with van der Waals surface area (Å²) >= 11 is 0. The Balaban J connectivity index is 1.70. The van der Waals surface area contributed by atoms with E-state index < -0.39 is 0 Å². The molecule has 0 aromatic carbocycles. The second-order valence-corrected chi connectivity index (χ2v) is 3.31. The molecule has 0 bridgehead atoms. The molecular formula is C9H14N6. The molecule has 2 rings (SSSR count). The van der Waals surface area contributed by atoms with Gasteiger partial charge in [0.15, 0.2) is 0 Å². The van der Waals surface area contributed by atoms with Gasteiger partial charge in [0.1, 0.15) is 5.82 Å². The number of imidazole rings is 1. The van der Waals surface area contributed by atoms with Crippen LogP contribution in [0.3, 0.4) is 0 Å². The Kier molecular flexibility index (Phi) is 3.08. The lowest BCUT2D eigenvalue weighted by atomic mass is 10.4. The highest BCUT2D eigenvalue weighted by Crippen LogP contribution is 1.93. The summed E-state index contributed by atoms with van der Waals surface area (Å²) < 4.78 is 1.76. The molecule has 0 aliphatic rings. The van der Waals surface area contributed by atoms with Crippen molar-refractivity contribution in [2.24, 2.45) is 7.05 Å². The van der Waals surface area contributed by atoms with Crippen molar-refractivity contribution in [1.82, 2.24) is 30.3 Å². The summed E-state index contributed by atoms with van der Waals surface area (Å²) in [5, 5.41) is 11.0. The van der Waals surface area contributed by atoms with Gasteiger partial charge < -0.3 is 10.3 Å². The first-order valence-electron chi connectivity index (χ1n) is 4.89. The zero-order valence-corrected chi connectivity index (χ0v) is 8.64. The number of aryl methyl sites for hydroxylation is 1. The van der Waals surface area contributed by atoms with Gasteiger partial charge in [0.05, 0.1) is 11.9 Å². The number of nitrogens with one attached hydrogen (secondary N) is 2. The van der Waals surface area contributed by atoms with E-state index in [1.54, 1.807) is 17.1 Å². The zero-order valence-electron chi connectivity index (χ0n) is 8.64. The zero-order chi connectivity index (χ0) is 10.5. The standard InChI is InChI=1S/C9H14N6/c1-15-8(7-13-14-15)6-10-3-2-9-11-4-5-12-9/h4-5,7,10H,2-3,6H2,1H3,(H,11,12). The largest absolute Gasteiger partial charge is 0.349 e. The Morgan fingerprint density at radius 2 is 2.47 bits per heavy atom. The summed E-state index contributed by atoms with van der Waals surface area (Å²) in [4.78, 5) is 7.20. The van der Waals surface area contributed by atoms with Crippen LogP contribution in [0, 0.1) is 0 Å². The Morgan fingerprint density at radius 1 is 1.53 bits per heavy atom. The van der Waals surface area contributed by atoms with E-state index in [-0.39, 0.29) is 0 Å². The summed E-state index contributed by atoms with van der Waals surface area (Å²) in [6.45, 7) is 1.67. The monoisotopic (exact) mass is 206 g/mol. The maximum absolute atomic E-state index is 4.14. The molecule has 80 valence electrons. The molecule has 6 nitrogen and oxygen atoms in total. The average Bonchev–Trinajstić information content (AvgIpc) is 2.85. The van der Waals surface area contributed by atoms with E-state index in [4.69, 9.17) is 0 Å². The van der Waals surface area contributed by atoms with Crippen molar-refractivity contribution >= 4 is 0 Å². The molecule has 0 saturated heterocycles. The van der Waals surface area contributed by atoms with Crippen molar-refractivity contribution in [2.75, 3.05) is 6.54 Å². The molecule has 0 aliphatic carbocycles. The Morgan fingerprint density at radius 3 is 3.13 bits per heavy atom. The predicted octanol–water partition coefficient (Wildman–Crippen LogP) is -0.130. The van der Waals surface area contributed by atoms with Crippen LogP contribution in [-0.2, 0) is 20.0 Å². The number of rotatable bonds is 5. The third-order valence-corrected chi connectivity index (χ3v) is 2.21. The molecule has 0 unspecified atom stereocenters. The Hall–Kier alpha value is -1.69. The number of aromatic amines is 1. The summed E-state index contributed by atoms with van der Waals surface area (Å²) in [6, 6.07) is 0. The van der Waals surface area contributed by atoms with Gasteiger partial charge in [0, 0.05) is 39.0 Å². The third kappa shape index (κ3) is 2.63. The normalized spacial score (nSPS) is 10.7. The molecule has 0 fully saturated rings. The van der Waals surface area contributed by atoms with Crippen LogP contribution in [-0.4, -0.2) is 31.5 Å². The minimum absolute atomic E-state index is 0.782. The van der Waals surface area contributed by atoms with E-state index in [1.165, 1.54) is 0 Å². The molecule has 2 aromatic rings. The van der Waals surface area contributed by atoms with Crippen LogP contribution in [0.2, 0.25) is 0 Å². The molecule has 0 aliphatic heterocycles. The number of aromatic nitrogens is 5. The molecular weight excluding hydrogens is 192 g/mol. The second-order valence-electron chi connectivity index (χ2n) is 3.31. The predicted molar refractivity (Wildman–Crippen MR) is 55.0 cm³/mol. The molecule has 15 heavy (non-hydrogen) atoms. The molecule has 2 aromatic heterocycles. The molecule has 0 radical (unpaired) electrons. The lowest BCUT2D eigenvalue weighted by molar-refractivity contribution is 0.612.